The molecule has 0 radical (unpaired) electrons. The number of pyridine rings is 1. The number of para-hydroxylation sites is 1. The fraction of sp³-hybridized carbons (Fsp3) is 0.348. The predicted octanol–water partition coefficient (Wildman–Crippen LogP) is 3.53. The highest BCUT2D eigenvalue weighted by Crippen LogP contribution is 2.33. The van der Waals surface area contributed by atoms with Crippen molar-refractivity contribution in [2.24, 2.45) is 16.6 Å². The van der Waals surface area contributed by atoms with Gasteiger partial charge in [0.15, 0.2) is 0 Å². The Bertz CT molecular complexity index is 1010. The Balaban J connectivity index is 1.50. The van der Waals surface area contributed by atoms with Crippen molar-refractivity contribution in [1.29, 1.82) is 0 Å². The summed E-state index contributed by atoms with van der Waals surface area (Å²) in [6.07, 6.45) is 5.93. The van der Waals surface area contributed by atoms with E-state index in [-0.39, 0.29) is 11.7 Å². The number of hydrogen-bond donors (Lipinski definition) is 2. The summed E-state index contributed by atoms with van der Waals surface area (Å²) < 4.78 is 14.7. The zero-order chi connectivity index (χ0) is 21.1. The molecule has 0 spiro atoms. The Kier molecular flexibility index (Phi) is 5.90. The number of carbonyl (C=O) groups excluding carboxylic acids is 1. The van der Waals surface area contributed by atoms with Gasteiger partial charge in [0, 0.05) is 37.0 Å². The summed E-state index contributed by atoms with van der Waals surface area (Å²) in [7, 11) is 0. The molecule has 1 saturated heterocycles. The number of rotatable bonds is 5. The van der Waals surface area contributed by atoms with Gasteiger partial charge in [-0.2, -0.15) is 0 Å². The minimum absolute atomic E-state index is 0.310. The molecule has 156 valence electrons. The molecule has 1 amide bonds. The summed E-state index contributed by atoms with van der Waals surface area (Å²) >= 11 is 0. The first kappa shape index (κ1) is 20.2. The Hall–Kier alpha value is -3.06. The second-order valence-electron chi connectivity index (χ2n) is 7.79. The SMILES string of the molecule is Cc1cc(C2=CCC(C(=O)Nc3cccc(F)c3N3CCC(CN)CC3)=N2)ccn1. The minimum Gasteiger partial charge on any atom is -0.367 e. The average molecular weight is 407 g/mol. The molecule has 6 nitrogen and oxygen atoms in total. The van der Waals surface area contributed by atoms with E-state index in [2.05, 4.69) is 15.3 Å². The summed E-state index contributed by atoms with van der Waals surface area (Å²) in [5.41, 5.74) is 9.68. The number of allylic oxidation sites excluding steroid dienone is 1. The quantitative estimate of drug-likeness (QED) is 0.794. The third-order valence-corrected chi connectivity index (χ3v) is 5.70. The van der Waals surface area contributed by atoms with Crippen molar-refractivity contribution in [2.45, 2.75) is 26.2 Å². The lowest BCUT2D eigenvalue weighted by Crippen LogP contribution is -2.37. The molecule has 3 heterocycles. The van der Waals surface area contributed by atoms with Crippen molar-refractivity contribution in [2.75, 3.05) is 29.9 Å². The molecule has 1 fully saturated rings. The molecule has 0 saturated carbocycles. The van der Waals surface area contributed by atoms with Crippen molar-refractivity contribution in [3.63, 3.8) is 0 Å². The smallest absolute Gasteiger partial charge is 0.270 e. The highest BCUT2D eigenvalue weighted by atomic mass is 19.1. The van der Waals surface area contributed by atoms with Gasteiger partial charge in [-0.1, -0.05) is 12.1 Å². The lowest BCUT2D eigenvalue weighted by molar-refractivity contribution is -0.110. The molecule has 0 unspecified atom stereocenters. The molecular formula is C23H26FN5O. The maximum Gasteiger partial charge on any atom is 0.270 e. The van der Waals surface area contributed by atoms with Gasteiger partial charge in [-0.15, -0.1) is 0 Å². The van der Waals surface area contributed by atoms with Crippen molar-refractivity contribution in [1.82, 2.24) is 4.98 Å². The number of nitrogens with one attached hydrogen (secondary N) is 1. The van der Waals surface area contributed by atoms with Crippen LogP contribution < -0.4 is 16.0 Å². The van der Waals surface area contributed by atoms with Gasteiger partial charge >= 0.3 is 0 Å². The van der Waals surface area contributed by atoms with Crippen molar-refractivity contribution >= 4 is 28.7 Å². The molecule has 7 heteroatoms. The van der Waals surface area contributed by atoms with Gasteiger partial charge in [0.05, 0.1) is 17.1 Å². The van der Waals surface area contributed by atoms with Gasteiger partial charge in [0.25, 0.3) is 5.91 Å². The zero-order valence-electron chi connectivity index (χ0n) is 17.1. The summed E-state index contributed by atoms with van der Waals surface area (Å²) in [4.78, 5) is 23.5. The molecule has 2 aliphatic heterocycles. The molecule has 4 rings (SSSR count). The Labute approximate surface area is 175 Å². The lowest BCUT2D eigenvalue weighted by atomic mass is 9.96. The molecule has 1 aromatic heterocycles. The van der Waals surface area contributed by atoms with E-state index in [0.29, 0.717) is 36.0 Å². The summed E-state index contributed by atoms with van der Waals surface area (Å²) in [6, 6.07) is 8.59. The van der Waals surface area contributed by atoms with E-state index in [4.69, 9.17) is 5.73 Å². The number of aromatic nitrogens is 1. The number of piperidine rings is 1. The van der Waals surface area contributed by atoms with Crippen LogP contribution in [0.25, 0.3) is 5.70 Å². The second kappa shape index (κ2) is 8.75. The third kappa shape index (κ3) is 4.26. The molecule has 30 heavy (non-hydrogen) atoms. The number of halogens is 1. The van der Waals surface area contributed by atoms with Crippen LogP contribution in [-0.4, -0.2) is 36.2 Å². The van der Waals surface area contributed by atoms with E-state index in [1.54, 1.807) is 18.3 Å². The van der Waals surface area contributed by atoms with Crippen LogP contribution in [0.3, 0.4) is 0 Å². The topological polar surface area (TPSA) is 83.6 Å². The number of amides is 1. The Morgan fingerprint density at radius 2 is 2.10 bits per heavy atom. The van der Waals surface area contributed by atoms with Gasteiger partial charge < -0.3 is 16.0 Å². The maximum absolute atomic E-state index is 14.7. The van der Waals surface area contributed by atoms with Gasteiger partial charge in [0.2, 0.25) is 0 Å². The number of aliphatic imine (C=N–C) groups is 1. The van der Waals surface area contributed by atoms with Crippen LogP contribution in [0.1, 0.15) is 30.5 Å². The number of aryl methyl sites for hydroxylation is 1. The molecule has 0 aliphatic carbocycles. The fourth-order valence-electron chi connectivity index (χ4n) is 3.99. The number of carbonyl (C=O) groups is 1. The highest BCUT2D eigenvalue weighted by Gasteiger charge is 2.25. The van der Waals surface area contributed by atoms with E-state index >= 15 is 0 Å². The Morgan fingerprint density at radius 3 is 2.83 bits per heavy atom. The number of anilines is 2. The molecular weight excluding hydrogens is 381 g/mol. The van der Waals surface area contributed by atoms with E-state index in [1.807, 2.05) is 30.0 Å². The van der Waals surface area contributed by atoms with Crippen LogP contribution in [0.2, 0.25) is 0 Å². The van der Waals surface area contributed by atoms with Crippen molar-refractivity contribution < 1.29 is 9.18 Å². The number of nitrogens with zero attached hydrogens (tertiary/aromatic N) is 3. The number of hydrogen-bond acceptors (Lipinski definition) is 5. The third-order valence-electron chi connectivity index (χ3n) is 5.70. The van der Waals surface area contributed by atoms with E-state index in [0.717, 1.165) is 42.9 Å². The van der Waals surface area contributed by atoms with Gasteiger partial charge in [-0.05, 0) is 56.5 Å². The van der Waals surface area contributed by atoms with Crippen LogP contribution in [0.4, 0.5) is 15.8 Å². The first-order valence-electron chi connectivity index (χ1n) is 10.3. The van der Waals surface area contributed by atoms with Gasteiger partial charge in [-0.3, -0.25) is 9.78 Å². The summed E-state index contributed by atoms with van der Waals surface area (Å²) in [6.45, 7) is 4.01. The summed E-state index contributed by atoms with van der Waals surface area (Å²) in [5.74, 6) is -0.172. The molecule has 2 aliphatic rings. The lowest BCUT2D eigenvalue weighted by Gasteiger charge is -2.34. The Morgan fingerprint density at radius 1 is 1.30 bits per heavy atom. The van der Waals surface area contributed by atoms with Crippen LogP contribution in [0.15, 0.2) is 47.6 Å². The minimum atomic E-state index is -0.335. The number of benzene rings is 1. The number of nitrogens with two attached hydrogens (primary N) is 1. The van der Waals surface area contributed by atoms with E-state index in [1.165, 1.54) is 6.07 Å². The predicted molar refractivity (Wildman–Crippen MR) is 118 cm³/mol. The van der Waals surface area contributed by atoms with E-state index in [9.17, 15) is 9.18 Å². The van der Waals surface area contributed by atoms with Crippen LogP contribution >= 0.6 is 0 Å². The molecule has 1 aromatic carbocycles. The molecule has 3 N–H and O–H groups in total. The van der Waals surface area contributed by atoms with Gasteiger partial charge in [-0.25, -0.2) is 9.38 Å². The largest absolute Gasteiger partial charge is 0.367 e. The average Bonchev–Trinajstić information content (AvgIpc) is 3.25. The van der Waals surface area contributed by atoms with Crippen molar-refractivity contribution in [3.05, 3.63) is 59.7 Å². The zero-order valence-corrected chi connectivity index (χ0v) is 17.1. The van der Waals surface area contributed by atoms with E-state index < -0.39 is 0 Å². The molecule has 2 aromatic rings. The van der Waals surface area contributed by atoms with Crippen LogP contribution in [0, 0.1) is 18.7 Å². The standard InChI is InChI=1S/C23H26FN5O/c1-15-13-17(7-10-26-15)19-5-6-21(27-19)23(30)28-20-4-2-3-18(24)22(20)29-11-8-16(14-25)9-12-29/h2-5,7,10,13,16H,6,8-9,11-12,14,25H2,1H3,(H,28,30). The first-order valence-corrected chi connectivity index (χ1v) is 10.3. The van der Waals surface area contributed by atoms with Crippen LogP contribution in [0.5, 0.6) is 0 Å². The maximum atomic E-state index is 14.7. The van der Waals surface area contributed by atoms with Crippen LogP contribution in [-0.2, 0) is 4.79 Å². The summed E-state index contributed by atoms with van der Waals surface area (Å²) in [5, 5.41) is 2.88. The van der Waals surface area contributed by atoms with Gasteiger partial charge in [0.1, 0.15) is 11.5 Å². The fourth-order valence-corrected chi connectivity index (χ4v) is 3.99. The monoisotopic (exact) mass is 407 g/mol. The first-order chi connectivity index (χ1) is 14.5. The normalized spacial score (nSPS) is 17.0. The highest BCUT2D eigenvalue weighted by molar-refractivity contribution is 6.45. The molecule has 0 bridgehead atoms. The second-order valence-corrected chi connectivity index (χ2v) is 7.79. The van der Waals surface area contributed by atoms with Crippen molar-refractivity contribution in [3.8, 4) is 0 Å². The molecule has 0 atom stereocenters.